The van der Waals surface area contributed by atoms with E-state index in [1.54, 1.807) is 14.2 Å². The molecule has 3 heteroatoms. The number of ether oxygens (including phenoxy) is 2. The highest BCUT2D eigenvalue weighted by Crippen LogP contribution is 2.29. The predicted octanol–water partition coefficient (Wildman–Crippen LogP) is 3.16. The van der Waals surface area contributed by atoms with Crippen molar-refractivity contribution >= 4 is 0 Å². The molecule has 1 aromatic carbocycles. The highest BCUT2D eigenvalue weighted by Gasteiger charge is 2.15. The Bertz CT molecular complexity index is 437. The van der Waals surface area contributed by atoms with Crippen LogP contribution in [-0.4, -0.2) is 20.3 Å². The molecular weight excluding hydrogens is 238 g/mol. The van der Waals surface area contributed by atoms with Crippen molar-refractivity contribution in [3.8, 4) is 23.8 Å². The molecule has 19 heavy (non-hydrogen) atoms. The zero-order valence-corrected chi connectivity index (χ0v) is 12.2. The van der Waals surface area contributed by atoms with Crippen LogP contribution in [0.2, 0.25) is 0 Å². The first-order chi connectivity index (χ1) is 9.15. The molecule has 0 aliphatic rings. The van der Waals surface area contributed by atoms with Crippen molar-refractivity contribution in [3.63, 3.8) is 0 Å². The van der Waals surface area contributed by atoms with Crippen molar-refractivity contribution < 1.29 is 9.47 Å². The van der Waals surface area contributed by atoms with Gasteiger partial charge in [0.15, 0.2) is 0 Å². The molecule has 104 valence electrons. The van der Waals surface area contributed by atoms with Crippen molar-refractivity contribution in [1.29, 1.82) is 0 Å². The third-order valence-corrected chi connectivity index (χ3v) is 3.25. The molecule has 0 radical (unpaired) electrons. The fourth-order valence-electron chi connectivity index (χ4n) is 2.08. The summed E-state index contributed by atoms with van der Waals surface area (Å²) in [4.78, 5) is 0. The van der Waals surface area contributed by atoms with E-state index in [1.807, 2.05) is 18.2 Å². The van der Waals surface area contributed by atoms with Crippen LogP contribution in [0, 0.1) is 12.3 Å². The van der Waals surface area contributed by atoms with Gasteiger partial charge in [0.2, 0.25) is 0 Å². The fraction of sp³-hybridized carbons (Fsp3) is 0.500. The quantitative estimate of drug-likeness (QED) is 0.765. The SMILES string of the molecule is C#CCC(CC)NC(C)c1cc(OC)ccc1OC. The van der Waals surface area contributed by atoms with E-state index in [9.17, 15) is 0 Å². The van der Waals surface area contributed by atoms with Gasteiger partial charge in [-0.3, -0.25) is 0 Å². The Morgan fingerprint density at radius 1 is 1.32 bits per heavy atom. The molecule has 2 unspecified atom stereocenters. The summed E-state index contributed by atoms with van der Waals surface area (Å²) in [5.74, 6) is 4.39. The van der Waals surface area contributed by atoms with E-state index in [0.717, 1.165) is 29.9 Å². The van der Waals surface area contributed by atoms with E-state index in [0.29, 0.717) is 6.04 Å². The predicted molar refractivity (Wildman–Crippen MR) is 78.6 cm³/mol. The highest BCUT2D eigenvalue weighted by atomic mass is 16.5. The van der Waals surface area contributed by atoms with E-state index in [2.05, 4.69) is 25.1 Å². The number of terminal acetylenes is 1. The van der Waals surface area contributed by atoms with Gasteiger partial charge in [-0.2, -0.15) is 0 Å². The topological polar surface area (TPSA) is 30.5 Å². The summed E-state index contributed by atoms with van der Waals surface area (Å²) in [5, 5.41) is 3.53. The van der Waals surface area contributed by atoms with E-state index < -0.39 is 0 Å². The maximum atomic E-state index is 5.41. The Morgan fingerprint density at radius 2 is 2.05 bits per heavy atom. The average Bonchev–Trinajstić information content (AvgIpc) is 2.45. The molecule has 0 fully saturated rings. The number of benzene rings is 1. The highest BCUT2D eigenvalue weighted by molar-refractivity contribution is 5.42. The summed E-state index contributed by atoms with van der Waals surface area (Å²) in [5.41, 5.74) is 1.08. The molecule has 0 aliphatic carbocycles. The van der Waals surface area contributed by atoms with Crippen molar-refractivity contribution in [3.05, 3.63) is 23.8 Å². The van der Waals surface area contributed by atoms with Crippen molar-refractivity contribution in [1.82, 2.24) is 5.32 Å². The van der Waals surface area contributed by atoms with E-state index in [-0.39, 0.29) is 6.04 Å². The molecule has 0 amide bonds. The second-order valence-electron chi connectivity index (χ2n) is 4.51. The standard InChI is InChI=1S/C16H23NO2/c1-6-8-13(7-2)17-12(3)15-11-14(18-4)9-10-16(15)19-5/h1,9-13,17H,7-8H2,2-5H3. The van der Waals surface area contributed by atoms with Crippen LogP contribution >= 0.6 is 0 Å². The molecule has 3 nitrogen and oxygen atoms in total. The Hall–Kier alpha value is -1.66. The van der Waals surface area contributed by atoms with Gasteiger partial charge in [-0.05, 0) is 31.5 Å². The number of hydrogen-bond donors (Lipinski definition) is 1. The second kappa shape index (κ2) is 7.70. The largest absolute Gasteiger partial charge is 0.497 e. The lowest BCUT2D eigenvalue weighted by Crippen LogP contribution is -2.30. The normalized spacial score (nSPS) is 13.4. The number of methoxy groups -OCH3 is 2. The Balaban J connectivity index is 2.90. The van der Waals surface area contributed by atoms with Crippen molar-refractivity contribution in [2.45, 2.75) is 38.8 Å². The molecule has 0 aromatic heterocycles. The monoisotopic (exact) mass is 261 g/mol. The first-order valence-corrected chi connectivity index (χ1v) is 6.57. The van der Waals surface area contributed by atoms with Gasteiger partial charge in [0.1, 0.15) is 11.5 Å². The summed E-state index contributed by atoms with van der Waals surface area (Å²) in [6.07, 6.45) is 7.12. The summed E-state index contributed by atoms with van der Waals surface area (Å²) < 4.78 is 10.7. The van der Waals surface area contributed by atoms with E-state index in [1.165, 1.54) is 0 Å². The molecule has 0 bridgehead atoms. The van der Waals surface area contributed by atoms with Gasteiger partial charge in [0.25, 0.3) is 0 Å². The van der Waals surface area contributed by atoms with Crippen LogP contribution in [0.5, 0.6) is 11.5 Å². The summed E-state index contributed by atoms with van der Waals surface area (Å²) >= 11 is 0. The smallest absolute Gasteiger partial charge is 0.123 e. The molecule has 0 heterocycles. The van der Waals surface area contributed by atoms with Crippen LogP contribution in [0.3, 0.4) is 0 Å². The molecule has 1 aromatic rings. The third-order valence-electron chi connectivity index (χ3n) is 3.25. The van der Waals surface area contributed by atoms with E-state index >= 15 is 0 Å². The first-order valence-electron chi connectivity index (χ1n) is 6.57. The minimum Gasteiger partial charge on any atom is -0.497 e. The first kappa shape index (κ1) is 15.4. The maximum Gasteiger partial charge on any atom is 0.123 e. The van der Waals surface area contributed by atoms with Crippen molar-refractivity contribution in [2.75, 3.05) is 14.2 Å². The molecule has 0 spiro atoms. The summed E-state index contributed by atoms with van der Waals surface area (Å²) in [6.45, 7) is 4.24. The molecule has 0 saturated carbocycles. The minimum atomic E-state index is 0.156. The number of nitrogens with one attached hydrogen (secondary N) is 1. The molecular formula is C16H23NO2. The Kier molecular flexibility index (Phi) is 6.24. The Labute approximate surface area is 116 Å². The minimum absolute atomic E-state index is 0.156. The van der Waals surface area contributed by atoms with Gasteiger partial charge in [-0.25, -0.2) is 0 Å². The second-order valence-corrected chi connectivity index (χ2v) is 4.51. The fourth-order valence-corrected chi connectivity index (χ4v) is 2.08. The van der Waals surface area contributed by atoms with Crippen LogP contribution < -0.4 is 14.8 Å². The van der Waals surface area contributed by atoms with Crippen LogP contribution in [0.1, 0.15) is 38.3 Å². The summed E-state index contributed by atoms with van der Waals surface area (Å²) in [6, 6.07) is 6.29. The van der Waals surface area contributed by atoms with E-state index in [4.69, 9.17) is 15.9 Å². The van der Waals surface area contributed by atoms with Crippen LogP contribution in [-0.2, 0) is 0 Å². The lowest BCUT2D eigenvalue weighted by Gasteiger charge is -2.23. The molecule has 1 N–H and O–H groups in total. The lowest BCUT2D eigenvalue weighted by molar-refractivity contribution is 0.383. The van der Waals surface area contributed by atoms with Crippen LogP contribution in [0.4, 0.5) is 0 Å². The van der Waals surface area contributed by atoms with Gasteiger partial charge in [-0.1, -0.05) is 6.92 Å². The van der Waals surface area contributed by atoms with Gasteiger partial charge in [-0.15, -0.1) is 12.3 Å². The van der Waals surface area contributed by atoms with Gasteiger partial charge in [0.05, 0.1) is 14.2 Å². The zero-order chi connectivity index (χ0) is 14.3. The zero-order valence-electron chi connectivity index (χ0n) is 12.2. The van der Waals surface area contributed by atoms with Gasteiger partial charge >= 0.3 is 0 Å². The summed E-state index contributed by atoms with van der Waals surface area (Å²) in [7, 11) is 3.34. The molecule has 1 rings (SSSR count). The molecule has 2 atom stereocenters. The number of hydrogen-bond acceptors (Lipinski definition) is 3. The maximum absolute atomic E-state index is 5.41. The molecule has 0 saturated heterocycles. The third kappa shape index (κ3) is 4.18. The Morgan fingerprint density at radius 3 is 2.58 bits per heavy atom. The van der Waals surface area contributed by atoms with Crippen molar-refractivity contribution in [2.24, 2.45) is 0 Å². The average molecular weight is 261 g/mol. The molecule has 0 aliphatic heterocycles. The van der Waals surface area contributed by atoms with Crippen LogP contribution in [0.15, 0.2) is 18.2 Å². The van der Waals surface area contributed by atoms with Gasteiger partial charge < -0.3 is 14.8 Å². The lowest BCUT2D eigenvalue weighted by atomic mass is 10.0. The van der Waals surface area contributed by atoms with Gasteiger partial charge in [0, 0.05) is 24.1 Å². The number of rotatable bonds is 7. The van der Waals surface area contributed by atoms with Crippen LogP contribution in [0.25, 0.3) is 0 Å².